The molecule has 0 aromatic heterocycles. The Morgan fingerprint density at radius 1 is 1.19 bits per heavy atom. The molecule has 0 atom stereocenters. The molecule has 1 aromatic carbocycles. The highest BCUT2D eigenvalue weighted by molar-refractivity contribution is 5.48. The van der Waals surface area contributed by atoms with Gasteiger partial charge in [-0.05, 0) is 55.7 Å². The molecule has 84 valence electrons. The maximum Gasteiger partial charge on any atom is 0.120 e. The van der Waals surface area contributed by atoms with Crippen LogP contribution in [0.3, 0.4) is 0 Å². The van der Waals surface area contributed by atoms with Crippen molar-refractivity contribution in [2.75, 3.05) is 0 Å². The molecular formula is C15H18O. The molecule has 2 aliphatic rings. The Hall–Kier alpha value is -1.24. The number of benzene rings is 1. The van der Waals surface area contributed by atoms with Gasteiger partial charge in [-0.1, -0.05) is 24.8 Å². The summed E-state index contributed by atoms with van der Waals surface area (Å²) in [7, 11) is 0. The monoisotopic (exact) mass is 214 g/mol. The third-order valence-electron chi connectivity index (χ3n) is 4.13. The number of fused-ring (bicyclic) bond motifs is 2. The van der Waals surface area contributed by atoms with Crippen LogP contribution in [0.1, 0.15) is 37.7 Å². The van der Waals surface area contributed by atoms with Crippen molar-refractivity contribution in [2.24, 2.45) is 5.92 Å². The van der Waals surface area contributed by atoms with Crippen LogP contribution in [0.2, 0.25) is 0 Å². The standard InChI is InChI=1S/C15H18O/c1-2-12-3-5-14(6-4-12)16-15-9-7-13(11-15)8-10-15/h2-6,13H,1,7-11H2. The first-order chi connectivity index (χ1) is 7.80. The van der Waals surface area contributed by atoms with Gasteiger partial charge in [0.05, 0.1) is 0 Å². The number of hydrogen-bond acceptors (Lipinski definition) is 1. The first-order valence-corrected chi connectivity index (χ1v) is 6.21. The van der Waals surface area contributed by atoms with E-state index in [1.54, 1.807) is 0 Å². The van der Waals surface area contributed by atoms with Crippen LogP contribution in [0.15, 0.2) is 30.8 Å². The van der Waals surface area contributed by atoms with E-state index in [2.05, 4.69) is 30.8 Å². The van der Waals surface area contributed by atoms with E-state index in [-0.39, 0.29) is 5.60 Å². The molecule has 16 heavy (non-hydrogen) atoms. The molecule has 3 rings (SSSR count). The van der Waals surface area contributed by atoms with Crippen molar-refractivity contribution in [2.45, 2.75) is 37.7 Å². The number of rotatable bonds is 3. The lowest BCUT2D eigenvalue weighted by Crippen LogP contribution is -2.30. The summed E-state index contributed by atoms with van der Waals surface area (Å²) < 4.78 is 6.22. The predicted molar refractivity (Wildman–Crippen MR) is 66.5 cm³/mol. The molecule has 1 aromatic rings. The van der Waals surface area contributed by atoms with Crippen LogP contribution in [0.25, 0.3) is 6.08 Å². The van der Waals surface area contributed by atoms with E-state index in [9.17, 15) is 0 Å². The highest BCUT2D eigenvalue weighted by Crippen LogP contribution is 2.49. The molecule has 0 amide bonds. The average molecular weight is 214 g/mol. The van der Waals surface area contributed by atoms with Gasteiger partial charge in [0.2, 0.25) is 0 Å². The van der Waals surface area contributed by atoms with E-state index in [1.807, 2.05) is 6.08 Å². The summed E-state index contributed by atoms with van der Waals surface area (Å²) in [6, 6.07) is 8.27. The third-order valence-corrected chi connectivity index (χ3v) is 4.13. The lowest BCUT2D eigenvalue weighted by molar-refractivity contribution is 0.0803. The Bertz CT molecular complexity index is 382. The zero-order chi connectivity index (χ0) is 11.0. The van der Waals surface area contributed by atoms with Crippen LogP contribution >= 0.6 is 0 Å². The van der Waals surface area contributed by atoms with Gasteiger partial charge in [0, 0.05) is 0 Å². The van der Waals surface area contributed by atoms with E-state index < -0.39 is 0 Å². The highest BCUT2D eigenvalue weighted by Gasteiger charge is 2.46. The Balaban J connectivity index is 1.76. The molecule has 1 nitrogen and oxygen atoms in total. The van der Waals surface area contributed by atoms with E-state index in [0.717, 1.165) is 17.2 Å². The molecule has 2 fully saturated rings. The van der Waals surface area contributed by atoms with Gasteiger partial charge in [-0.15, -0.1) is 0 Å². The zero-order valence-electron chi connectivity index (χ0n) is 9.61. The van der Waals surface area contributed by atoms with Gasteiger partial charge >= 0.3 is 0 Å². The summed E-state index contributed by atoms with van der Waals surface area (Å²) in [6.45, 7) is 3.76. The van der Waals surface area contributed by atoms with Gasteiger partial charge < -0.3 is 4.74 Å². The molecule has 0 heterocycles. The minimum absolute atomic E-state index is 0.181. The van der Waals surface area contributed by atoms with E-state index in [0.29, 0.717) is 0 Å². The maximum absolute atomic E-state index is 6.22. The fraction of sp³-hybridized carbons (Fsp3) is 0.467. The summed E-state index contributed by atoms with van der Waals surface area (Å²) >= 11 is 0. The fourth-order valence-electron chi connectivity index (χ4n) is 3.20. The summed E-state index contributed by atoms with van der Waals surface area (Å²) in [6.07, 6.45) is 8.37. The molecule has 1 heteroatoms. The zero-order valence-corrected chi connectivity index (χ0v) is 9.61. The molecule has 0 unspecified atom stereocenters. The topological polar surface area (TPSA) is 9.23 Å². The molecule has 0 aliphatic heterocycles. The molecule has 2 saturated carbocycles. The van der Waals surface area contributed by atoms with E-state index in [1.165, 1.54) is 32.1 Å². The van der Waals surface area contributed by atoms with Crippen LogP contribution < -0.4 is 4.74 Å². The van der Waals surface area contributed by atoms with Crippen molar-refractivity contribution in [3.8, 4) is 5.75 Å². The average Bonchev–Trinajstić information content (AvgIpc) is 2.90. The Morgan fingerprint density at radius 2 is 1.88 bits per heavy atom. The molecule has 0 radical (unpaired) electrons. The summed E-state index contributed by atoms with van der Waals surface area (Å²) in [5, 5.41) is 0. The lowest BCUT2D eigenvalue weighted by Gasteiger charge is -2.28. The summed E-state index contributed by atoms with van der Waals surface area (Å²) in [5.74, 6) is 1.96. The van der Waals surface area contributed by atoms with Crippen molar-refractivity contribution >= 4 is 6.08 Å². The normalized spacial score (nSPS) is 31.6. The van der Waals surface area contributed by atoms with Gasteiger partial charge in [-0.3, -0.25) is 0 Å². The van der Waals surface area contributed by atoms with Gasteiger partial charge in [-0.2, -0.15) is 0 Å². The summed E-state index contributed by atoms with van der Waals surface area (Å²) in [4.78, 5) is 0. The lowest BCUT2D eigenvalue weighted by atomic mass is 9.97. The second kappa shape index (κ2) is 3.65. The van der Waals surface area contributed by atoms with Gasteiger partial charge in [0.25, 0.3) is 0 Å². The van der Waals surface area contributed by atoms with Crippen molar-refractivity contribution in [3.05, 3.63) is 36.4 Å². The number of ether oxygens (including phenoxy) is 1. The first-order valence-electron chi connectivity index (χ1n) is 6.21. The van der Waals surface area contributed by atoms with E-state index in [4.69, 9.17) is 4.74 Å². The molecule has 2 bridgehead atoms. The maximum atomic E-state index is 6.22. The molecule has 0 saturated heterocycles. The fourth-order valence-corrected chi connectivity index (χ4v) is 3.20. The van der Waals surface area contributed by atoms with Crippen LogP contribution in [-0.4, -0.2) is 5.60 Å². The largest absolute Gasteiger partial charge is 0.487 e. The van der Waals surface area contributed by atoms with Crippen LogP contribution in [0.4, 0.5) is 0 Å². The van der Waals surface area contributed by atoms with E-state index >= 15 is 0 Å². The predicted octanol–water partition coefficient (Wildman–Crippen LogP) is 4.04. The Kier molecular flexibility index (Phi) is 2.27. The van der Waals surface area contributed by atoms with Gasteiger partial charge in [-0.25, -0.2) is 0 Å². The smallest absolute Gasteiger partial charge is 0.120 e. The van der Waals surface area contributed by atoms with Crippen LogP contribution in [0, 0.1) is 5.92 Å². The van der Waals surface area contributed by atoms with Crippen molar-refractivity contribution in [1.29, 1.82) is 0 Å². The minimum Gasteiger partial charge on any atom is -0.487 e. The summed E-state index contributed by atoms with van der Waals surface area (Å²) in [5.41, 5.74) is 1.33. The van der Waals surface area contributed by atoms with Crippen LogP contribution in [0.5, 0.6) is 5.75 Å². The number of hydrogen-bond donors (Lipinski definition) is 0. The van der Waals surface area contributed by atoms with Crippen molar-refractivity contribution in [1.82, 2.24) is 0 Å². The highest BCUT2D eigenvalue weighted by atomic mass is 16.5. The molecule has 0 spiro atoms. The van der Waals surface area contributed by atoms with Crippen molar-refractivity contribution < 1.29 is 4.74 Å². The Labute approximate surface area is 97.1 Å². The van der Waals surface area contributed by atoms with Crippen LogP contribution in [-0.2, 0) is 0 Å². The minimum atomic E-state index is 0.181. The Morgan fingerprint density at radius 3 is 2.38 bits per heavy atom. The second-order valence-corrected chi connectivity index (χ2v) is 5.21. The first kappa shape index (κ1) is 9.95. The molecule has 0 N–H and O–H groups in total. The molecular weight excluding hydrogens is 196 g/mol. The third kappa shape index (κ3) is 1.64. The second-order valence-electron chi connectivity index (χ2n) is 5.21. The SMILES string of the molecule is C=Cc1ccc(OC23CCC(CC2)C3)cc1. The van der Waals surface area contributed by atoms with Crippen molar-refractivity contribution in [3.63, 3.8) is 0 Å². The molecule has 2 aliphatic carbocycles. The van der Waals surface area contributed by atoms with Gasteiger partial charge in [0.1, 0.15) is 11.4 Å². The van der Waals surface area contributed by atoms with Gasteiger partial charge in [0.15, 0.2) is 0 Å². The quantitative estimate of drug-likeness (QED) is 0.737.